The number of aromatic nitrogens is 2. The lowest BCUT2D eigenvalue weighted by atomic mass is 10.0. The zero-order valence-electron chi connectivity index (χ0n) is 19.0. The van der Waals surface area contributed by atoms with Crippen LogP contribution in [-0.2, 0) is 6.54 Å². The first-order chi connectivity index (χ1) is 16.7. The molecule has 0 aliphatic rings. The predicted octanol–water partition coefficient (Wildman–Crippen LogP) is 7.30. The Labute approximate surface area is 213 Å². The quantitative estimate of drug-likeness (QED) is 0.175. The number of anilines is 1. The van der Waals surface area contributed by atoms with Gasteiger partial charge >= 0.3 is 6.03 Å². The first kappa shape index (κ1) is 24.1. The molecule has 7 heteroatoms. The molecular formula is C27H27BrN4OS. The molecule has 0 unspecified atom stereocenters. The largest absolute Gasteiger partial charge is 0.337 e. The summed E-state index contributed by atoms with van der Waals surface area (Å²) < 4.78 is 3.28. The average molecular weight is 536 g/mol. The van der Waals surface area contributed by atoms with Gasteiger partial charge in [-0.25, -0.2) is 9.78 Å². The van der Waals surface area contributed by atoms with E-state index in [2.05, 4.69) is 74.5 Å². The topological polar surface area (TPSA) is 59.0 Å². The summed E-state index contributed by atoms with van der Waals surface area (Å²) in [6.07, 6.45) is 1.01. The van der Waals surface area contributed by atoms with Crippen molar-refractivity contribution in [2.75, 3.05) is 17.6 Å². The number of carbonyl (C=O) groups excluding carboxylic acids is 1. The summed E-state index contributed by atoms with van der Waals surface area (Å²) >= 11 is 5.06. The minimum absolute atomic E-state index is 0.213. The molecule has 34 heavy (non-hydrogen) atoms. The number of amides is 2. The fraction of sp³-hybridized carbons (Fsp3) is 0.185. The predicted molar refractivity (Wildman–Crippen MR) is 145 cm³/mol. The molecule has 1 heterocycles. The number of carbonyl (C=O) groups is 1. The third-order valence-electron chi connectivity index (χ3n) is 5.20. The minimum Gasteiger partial charge on any atom is -0.337 e. The fourth-order valence-corrected chi connectivity index (χ4v) is 4.82. The Morgan fingerprint density at radius 2 is 1.59 bits per heavy atom. The zero-order chi connectivity index (χ0) is 23.8. The van der Waals surface area contributed by atoms with Crippen LogP contribution >= 0.6 is 27.7 Å². The normalized spacial score (nSPS) is 10.8. The summed E-state index contributed by atoms with van der Waals surface area (Å²) in [6, 6.07) is 28.1. The first-order valence-corrected chi connectivity index (χ1v) is 13.1. The van der Waals surface area contributed by atoms with Crippen LogP contribution in [0.5, 0.6) is 0 Å². The smallest absolute Gasteiger partial charge is 0.319 e. The molecule has 0 radical (unpaired) electrons. The molecule has 3 aromatic carbocycles. The van der Waals surface area contributed by atoms with Gasteiger partial charge in [-0.1, -0.05) is 95.3 Å². The van der Waals surface area contributed by atoms with Crippen molar-refractivity contribution in [1.29, 1.82) is 0 Å². The number of rotatable bonds is 9. The third-order valence-corrected chi connectivity index (χ3v) is 6.70. The van der Waals surface area contributed by atoms with Crippen LogP contribution in [0.4, 0.5) is 10.5 Å². The van der Waals surface area contributed by atoms with E-state index in [1.165, 1.54) is 0 Å². The number of benzene rings is 3. The molecular weight excluding hydrogens is 508 g/mol. The fourth-order valence-electron chi connectivity index (χ4n) is 3.67. The molecule has 0 atom stereocenters. The lowest BCUT2D eigenvalue weighted by Gasteiger charge is -2.12. The SMILES string of the molecule is CCCn1c(SCCNC(=O)Nc2ccc(Br)cc2)nc(-c2ccccc2)c1-c1ccccc1. The zero-order valence-corrected chi connectivity index (χ0v) is 21.4. The van der Waals surface area contributed by atoms with Gasteiger partial charge in [0, 0.05) is 40.1 Å². The number of nitrogens with one attached hydrogen (secondary N) is 2. The van der Waals surface area contributed by atoms with Gasteiger partial charge in [0.1, 0.15) is 0 Å². The van der Waals surface area contributed by atoms with Crippen molar-refractivity contribution in [3.63, 3.8) is 0 Å². The number of hydrogen-bond donors (Lipinski definition) is 2. The Balaban J connectivity index is 1.49. The Bertz CT molecular complexity index is 1210. The number of nitrogens with zero attached hydrogens (tertiary/aromatic N) is 2. The van der Waals surface area contributed by atoms with Crippen LogP contribution in [0, 0.1) is 0 Å². The van der Waals surface area contributed by atoms with Crippen LogP contribution in [0.15, 0.2) is 94.6 Å². The van der Waals surface area contributed by atoms with Gasteiger partial charge in [-0.3, -0.25) is 0 Å². The van der Waals surface area contributed by atoms with E-state index in [9.17, 15) is 4.79 Å². The number of halogens is 1. The summed E-state index contributed by atoms with van der Waals surface area (Å²) in [7, 11) is 0. The van der Waals surface area contributed by atoms with E-state index in [0.29, 0.717) is 6.54 Å². The monoisotopic (exact) mass is 534 g/mol. The number of hydrogen-bond acceptors (Lipinski definition) is 3. The highest BCUT2D eigenvalue weighted by Crippen LogP contribution is 2.36. The van der Waals surface area contributed by atoms with Gasteiger partial charge in [0.25, 0.3) is 0 Å². The van der Waals surface area contributed by atoms with Crippen molar-refractivity contribution >= 4 is 39.4 Å². The molecule has 0 aliphatic heterocycles. The van der Waals surface area contributed by atoms with Crippen molar-refractivity contribution in [2.45, 2.75) is 25.0 Å². The molecule has 4 aromatic rings. The van der Waals surface area contributed by atoms with Gasteiger partial charge in [0.15, 0.2) is 5.16 Å². The standard InChI is InChI=1S/C27H27BrN4OS/c1-2-18-32-25(21-11-7-4-8-12-21)24(20-9-5-3-6-10-20)31-27(32)34-19-17-29-26(33)30-23-15-13-22(28)14-16-23/h3-16H,2,17-19H2,1H3,(H2,29,30,33). The van der Waals surface area contributed by atoms with E-state index >= 15 is 0 Å². The second-order valence-electron chi connectivity index (χ2n) is 7.71. The van der Waals surface area contributed by atoms with E-state index < -0.39 is 0 Å². The second-order valence-corrected chi connectivity index (χ2v) is 9.69. The molecule has 5 nitrogen and oxygen atoms in total. The summed E-state index contributed by atoms with van der Waals surface area (Å²) in [6.45, 7) is 3.59. The Kier molecular flexibility index (Phi) is 8.44. The second kappa shape index (κ2) is 11.9. The van der Waals surface area contributed by atoms with E-state index in [4.69, 9.17) is 4.98 Å². The molecule has 2 N–H and O–H groups in total. The van der Waals surface area contributed by atoms with Crippen LogP contribution < -0.4 is 10.6 Å². The lowest BCUT2D eigenvalue weighted by molar-refractivity contribution is 0.252. The van der Waals surface area contributed by atoms with Crippen LogP contribution in [0.25, 0.3) is 22.5 Å². The first-order valence-electron chi connectivity index (χ1n) is 11.3. The summed E-state index contributed by atoms with van der Waals surface area (Å²) in [5.41, 5.74) is 5.14. The number of imidazole rings is 1. The van der Waals surface area contributed by atoms with E-state index in [-0.39, 0.29) is 6.03 Å². The average Bonchev–Trinajstić information content (AvgIpc) is 3.23. The minimum atomic E-state index is -0.213. The lowest BCUT2D eigenvalue weighted by Crippen LogP contribution is -2.30. The molecule has 1 aromatic heterocycles. The van der Waals surface area contributed by atoms with Crippen LogP contribution in [0.2, 0.25) is 0 Å². The highest BCUT2D eigenvalue weighted by Gasteiger charge is 2.19. The molecule has 2 amide bonds. The molecule has 0 aliphatic carbocycles. The number of urea groups is 1. The van der Waals surface area contributed by atoms with E-state index in [1.54, 1.807) is 11.8 Å². The van der Waals surface area contributed by atoms with Crippen molar-refractivity contribution in [2.24, 2.45) is 0 Å². The van der Waals surface area contributed by atoms with Crippen LogP contribution in [0.1, 0.15) is 13.3 Å². The van der Waals surface area contributed by atoms with E-state index in [1.807, 2.05) is 48.5 Å². The molecule has 0 fully saturated rings. The summed E-state index contributed by atoms with van der Waals surface area (Å²) in [5, 5.41) is 6.75. The van der Waals surface area contributed by atoms with Gasteiger partial charge < -0.3 is 15.2 Å². The van der Waals surface area contributed by atoms with Crippen molar-refractivity contribution in [3.05, 3.63) is 89.4 Å². The molecule has 0 bridgehead atoms. The van der Waals surface area contributed by atoms with Gasteiger partial charge in [-0.15, -0.1) is 0 Å². The molecule has 0 saturated carbocycles. The maximum absolute atomic E-state index is 12.2. The Morgan fingerprint density at radius 1 is 0.941 bits per heavy atom. The summed E-state index contributed by atoms with van der Waals surface area (Å²) in [5.74, 6) is 0.719. The molecule has 174 valence electrons. The highest BCUT2D eigenvalue weighted by molar-refractivity contribution is 9.10. The Hall–Kier alpha value is -3.03. The maximum Gasteiger partial charge on any atom is 0.319 e. The molecule has 4 rings (SSSR count). The van der Waals surface area contributed by atoms with E-state index in [0.717, 1.165) is 56.5 Å². The van der Waals surface area contributed by atoms with Crippen molar-refractivity contribution in [3.8, 4) is 22.5 Å². The molecule has 0 spiro atoms. The summed E-state index contributed by atoms with van der Waals surface area (Å²) in [4.78, 5) is 17.3. The maximum atomic E-state index is 12.2. The van der Waals surface area contributed by atoms with Crippen molar-refractivity contribution in [1.82, 2.24) is 14.9 Å². The molecule has 0 saturated heterocycles. The highest BCUT2D eigenvalue weighted by atomic mass is 79.9. The van der Waals surface area contributed by atoms with Gasteiger partial charge in [-0.05, 0) is 30.7 Å². The van der Waals surface area contributed by atoms with Gasteiger partial charge in [0.2, 0.25) is 0 Å². The van der Waals surface area contributed by atoms with Gasteiger partial charge in [-0.2, -0.15) is 0 Å². The van der Waals surface area contributed by atoms with Crippen LogP contribution in [0.3, 0.4) is 0 Å². The number of thioether (sulfide) groups is 1. The van der Waals surface area contributed by atoms with Crippen LogP contribution in [-0.4, -0.2) is 27.9 Å². The third kappa shape index (κ3) is 6.10. The van der Waals surface area contributed by atoms with Gasteiger partial charge in [0.05, 0.1) is 11.4 Å². The Morgan fingerprint density at radius 3 is 2.24 bits per heavy atom. The van der Waals surface area contributed by atoms with Crippen molar-refractivity contribution < 1.29 is 4.79 Å².